The number of alkyl halides is 3. The summed E-state index contributed by atoms with van der Waals surface area (Å²) in [5.74, 6) is 0.148. The first-order valence-electron chi connectivity index (χ1n) is 7.27. The fourth-order valence-electron chi connectivity index (χ4n) is 2.20. The van der Waals surface area contributed by atoms with E-state index in [9.17, 15) is 21.6 Å². The maximum atomic E-state index is 12.5. The lowest BCUT2D eigenvalue weighted by Crippen LogP contribution is -2.04. The maximum Gasteiger partial charge on any atom is 0.416 e. The highest BCUT2D eigenvalue weighted by atomic mass is 32.2. The number of sulfone groups is 1. The van der Waals surface area contributed by atoms with Gasteiger partial charge in [-0.15, -0.1) is 0 Å². The Labute approximate surface area is 141 Å². The van der Waals surface area contributed by atoms with Crippen molar-refractivity contribution in [3.05, 3.63) is 48.0 Å². The van der Waals surface area contributed by atoms with E-state index in [1.165, 1.54) is 30.3 Å². The summed E-state index contributed by atoms with van der Waals surface area (Å²) < 4.78 is 66.8. The summed E-state index contributed by atoms with van der Waals surface area (Å²) in [5.41, 5.74) is 0.160. The Balaban J connectivity index is 1.87. The molecule has 0 radical (unpaired) electrons. The van der Waals surface area contributed by atoms with Gasteiger partial charge >= 0.3 is 6.18 Å². The summed E-state index contributed by atoms with van der Waals surface area (Å²) in [4.78, 5) is 7.10. The van der Waals surface area contributed by atoms with E-state index in [1.807, 2.05) is 0 Å². The van der Waals surface area contributed by atoms with Gasteiger partial charge in [0.15, 0.2) is 9.84 Å². The minimum Gasteiger partial charge on any atom is -0.426 e. The average Bonchev–Trinajstić information content (AvgIpc) is 2.95. The molecule has 25 heavy (non-hydrogen) atoms. The summed E-state index contributed by atoms with van der Waals surface area (Å²) in [7, 11) is -3.35. The van der Waals surface area contributed by atoms with E-state index < -0.39 is 21.6 Å². The third-order valence-electron chi connectivity index (χ3n) is 3.57. The number of aromatic amines is 1. The van der Waals surface area contributed by atoms with Gasteiger partial charge in [0.25, 0.3) is 6.01 Å². The zero-order valence-corrected chi connectivity index (χ0v) is 13.8. The Morgan fingerprint density at radius 2 is 1.80 bits per heavy atom. The first-order valence-corrected chi connectivity index (χ1v) is 8.92. The minimum atomic E-state index is -4.42. The molecule has 0 bridgehead atoms. The van der Waals surface area contributed by atoms with Crippen molar-refractivity contribution in [2.24, 2.45) is 0 Å². The normalized spacial score (nSPS) is 12.5. The number of fused-ring (bicyclic) bond motifs is 1. The van der Waals surface area contributed by atoms with E-state index >= 15 is 0 Å². The van der Waals surface area contributed by atoms with Crippen LogP contribution in [0.5, 0.6) is 11.8 Å². The zero-order valence-electron chi connectivity index (χ0n) is 13.0. The van der Waals surface area contributed by atoms with Gasteiger partial charge in [-0.25, -0.2) is 8.42 Å². The van der Waals surface area contributed by atoms with Crippen LogP contribution in [0, 0.1) is 0 Å². The van der Waals surface area contributed by atoms with Gasteiger partial charge in [-0.1, -0.05) is 6.92 Å². The van der Waals surface area contributed by atoms with Crippen LogP contribution in [-0.4, -0.2) is 24.1 Å². The average molecular weight is 370 g/mol. The smallest absolute Gasteiger partial charge is 0.416 e. The number of imidazole rings is 1. The quantitative estimate of drug-likeness (QED) is 0.748. The van der Waals surface area contributed by atoms with Crippen LogP contribution in [-0.2, 0) is 16.0 Å². The van der Waals surface area contributed by atoms with Gasteiger partial charge < -0.3 is 9.72 Å². The van der Waals surface area contributed by atoms with Crippen molar-refractivity contribution in [1.29, 1.82) is 0 Å². The molecule has 3 aromatic rings. The summed E-state index contributed by atoms with van der Waals surface area (Å²) in [5, 5.41) is 0. The molecular formula is C16H13F3N2O3S. The van der Waals surface area contributed by atoms with E-state index in [4.69, 9.17) is 4.74 Å². The van der Waals surface area contributed by atoms with Crippen LogP contribution in [0.3, 0.4) is 0 Å². The van der Waals surface area contributed by atoms with Crippen molar-refractivity contribution in [3.8, 4) is 11.8 Å². The number of nitrogens with one attached hydrogen (secondary N) is 1. The number of aromatic nitrogens is 2. The lowest BCUT2D eigenvalue weighted by molar-refractivity contribution is -0.137. The predicted molar refractivity (Wildman–Crippen MR) is 85.3 cm³/mol. The minimum absolute atomic E-state index is 0.0262. The van der Waals surface area contributed by atoms with Crippen molar-refractivity contribution in [2.45, 2.75) is 18.0 Å². The Morgan fingerprint density at radius 3 is 2.40 bits per heavy atom. The summed E-state index contributed by atoms with van der Waals surface area (Å²) in [6.07, 6.45) is -4.42. The largest absolute Gasteiger partial charge is 0.426 e. The van der Waals surface area contributed by atoms with E-state index in [1.54, 1.807) is 6.92 Å². The van der Waals surface area contributed by atoms with Crippen molar-refractivity contribution in [1.82, 2.24) is 9.97 Å². The van der Waals surface area contributed by atoms with Crippen molar-refractivity contribution >= 4 is 20.9 Å². The first kappa shape index (κ1) is 17.3. The van der Waals surface area contributed by atoms with E-state index in [0.29, 0.717) is 11.0 Å². The summed E-state index contributed by atoms with van der Waals surface area (Å²) in [6, 6.07) is 8.67. The lowest BCUT2D eigenvalue weighted by atomic mass is 10.2. The molecule has 9 heteroatoms. The number of hydrogen-bond donors (Lipinski definition) is 1. The SMILES string of the molecule is CCS(=O)(=O)c1ccc2nc(Oc3ccc(C(F)(F)F)cc3)[nH]c2c1. The highest BCUT2D eigenvalue weighted by Gasteiger charge is 2.30. The topological polar surface area (TPSA) is 72.1 Å². The molecule has 1 aromatic heterocycles. The number of nitrogens with zero attached hydrogens (tertiary/aromatic N) is 1. The van der Waals surface area contributed by atoms with Crippen LogP contribution in [0.2, 0.25) is 0 Å². The Morgan fingerprint density at radius 1 is 1.12 bits per heavy atom. The molecule has 0 aliphatic carbocycles. The molecule has 0 fully saturated rings. The molecule has 0 saturated carbocycles. The zero-order chi connectivity index (χ0) is 18.2. The Hall–Kier alpha value is -2.55. The summed E-state index contributed by atoms with van der Waals surface area (Å²) >= 11 is 0. The number of rotatable bonds is 4. The second-order valence-electron chi connectivity index (χ2n) is 5.25. The second kappa shape index (κ2) is 6.07. The molecule has 3 rings (SSSR count). The highest BCUT2D eigenvalue weighted by Crippen LogP contribution is 2.31. The third kappa shape index (κ3) is 3.60. The number of benzene rings is 2. The Bertz CT molecular complexity index is 1010. The number of hydrogen-bond acceptors (Lipinski definition) is 4. The fourth-order valence-corrected chi connectivity index (χ4v) is 3.10. The van der Waals surface area contributed by atoms with Gasteiger partial charge in [-0.05, 0) is 42.5 Å². The van der Waals surface area contributed by atoms with Crippen LogP contribution in [0.4, 0.5) is 13.2 Å². The molecule has 0 spiro atoms. The van der Waals surface area contributed by atoms with Crippen molar-refractivity contribution in [2.75, 3.05) is 5.75 Å². The molecule has 1 N–H and O–H groups in total. The van der Waals surface area contributed by atoms with Crippen LogP contribution >= 0.6 is 0 Å². The molecule has 0 aliphatic heterocycles. The van der Waals surface area contributed by atoms with Gasteiger partial charge in [0.1, 0.15) is 5.75 Å². The molecular weight excluding hydrogens is 357 g/mol. The molecule has 0 saturated heterocycles. The number of halogens is 3. The molecule has 0 aliphatic rings. The van der Waals surface area contributed by atoms with Gasteiger partial charge in [0, 0.05) is 0 Å². The maximum absolute atomic E-state index is 12.5. The number of ether oxygens (including phenoxy) is 1. The predicted octanol–water partition coefficient (Wildman–Crippen LogP) is 4.17. The highest BCUT2D eigenvalue weighted by molar-refractivity contribution is 7.91. The van der Waals surface area contributed by atoms with Crippen molar-refractivity contribution in [3.63, 3.8) is 0 Å². The fraction of sp³-hybridized carbons (Fsp3) is 0.188. The van der Waals surface area contributed by atoms with Crippen LogP contribution in [0.1, 0.15) is 12.5 Å². The molecule has 5 nitrogen and oxygen atoms in total. The molecule has 0 amide bonds. The monoisotopic (exact) mass is 370 g/mol. The van der Waals surface area contributed by atoms with Crippen LogP contribution < -0.4 is 4.74 Å². The van der Waals surface area contributed by atoms with Crippen LogP contribution in [0.15, 0.2) is 47.4 Å². The van der Waals surface area contributed by atoms with E-state index in [0.717, 1.165) is 12.1 Å². The lowest BCUT2D eigenvalue weighted by Gasteiger charge is -2.07. The van der Waals surface area contributed by atoms with Gasteiger partial charge in [-0.3, -0.25) is 0 Å². The van der Waals surface area contributed by atoms with Gasteiger partial charge in [-0.2, -0.15) is 18.2 Å². The Kier molecular flexibility index (Phi) is 4.19. The van der Waals surface area contributed by atoms with E-state index in [2.05, 4.69) is 9.97 Å². The molecule has 132 valence electrons. The second-order valence-corrected chi connectivity index (χ2v) is 7.53. The number of H-pyrrole nitrogens is 1. The third-order valence-corrected chi connectivity index (χ3v) is 5.30. The van der Waals surface area contributed by atoms with E-state index in [-0.39, 0.29) is 22.4 Å². The van der Waals surface area contributed by atoms with Crippen LogP contribution in [0.25, 0.3) is 11.0 Å². The van der Waals surface area contributed by atoms with Crippen molar-refractivity contribution < 1.29 is 26.3 Å². The molecule has 1 heterocycles. The first-order chi connectivity index (χ1) is 11.7. The molecule has 2 aromatic carbocycles. The standard InChI is InChI=1S/C16H13F3N2O3S/c1-2-25(22,23)12-7-8-13-14(9-12)21-15(20-13)24-11-5-3-10(4-6-11)16(17,18)19/h3-9H,2H2,1H3,(H,20,21). The van der Waals surface area contributed by atoms with Gasteiger partial charge in [0.2, 0.25) is 0 Å². The molecule has 0 unspecified atom stereocenters. The molecule has 0 atom stereocenters. The van der Waals surface area contributed by atoms with Gasteiger partial charge in [0.05, 0.1) is 27.2 Å². The summed E-state index contributed by atoms with van der Waals surface area (Å²) in [6.45, 7) is 1.55.